The van der Waals surface area contributed by atoms with Crippen LogP contribution in [-0.2, 0) is 9.53 Å². The predicted octanol–water partition coefficient (Wildman–Crippen LogP) is 2.64. The number of ether oxygens (including phenoxy) is 1. The van der Waals surface area contributed by atoms with Crippen LogP contribution in [0, 0.1) is 19.8 Å². The van der Waals surface area contributed by atoms with Crippen molar-refractivity contribution >= 4 is 17.7 Å². The Morgan fingerprint density at radius 2 is 1.96 bits per heavy atom. The number of rotatable bonds is 4. The van der Waals surface area contributed by atoms with E-state index in [4.69, 9.17) is 4.74 Å². The predicted molar refractivity (Wildman–Crippen MR) is 90.1 cm³/mol. The van der Waals surface area contributed by atoms with E-state index in [-0.39, 0.29) is 17.4 Å². The first kappa shape index (κ1) is 18.2. The van der Waals surface area contributed by atoms with Gasteiger partial charge in [-0.2, -0.15) is 0 Å². The van der Waals surface area contributed by atoms with Crippen LogP contribution < -0.4 is 0 Å². The van der Waals surface area contributed by atoms with Gasteiger partial charge in [0.2, 0.25) is 0 Å². The van der Waals surface area contributed by atoms with Crippen LogP contribution in [0.15, 0.2) is 0 Å². The van der Waals surface area contributed by atoms with E-state index in [1.165, 1.54) is 6.92 Å². The molecule has 0 unspecified atom stereocenters. The molecule has 1 aliphatic heterocycles. The Labute approximate surface area is 142 Å². The van der Waals surface area contributed by atoms with Crippen LogP contribution in [0.3, 0.4) is 0 Å². The van der Waals surface area contributed by atoms with E-state index >= 15 is 0 Å². The molecule has 0 spiro atoms. The van der Waals surface area contributed by atoms with Gasteiger partial charge in [-0.1, -0.05) is 6.92 Å². The zero-order valence-electron chi connectivity index (χ0n) is 15.1. The van der Waals surface area contributed by atoms with Crippen LogP contribution in [0.4, 0.5) is 0 Å². The third-order valence-corrected chi connectivity index (χ3v) is 4.59. The number of likely N-dealkylation sites (tertiary alicyclic amines) is 1. The summed E-state index contributed by atoms with van der Waals surface area (Å²) in [6.07, 6.45) is 1.25. The van der Waals surface area contributed by atoms with Crippen LogP contribution >= 0.6 is 0 Å². The molecule has 2 heterocycles. The van der Waals surface area contributed by atoms with Crippen LogP contribution in [-0.4, -0.2) is 46.7 Å². The third-order valence-electron chi connectivity index (χ3n) is 4.59. The van der Waals surface area contributed by atoms with Gasteiger partial charge in [-0.25, -0.2) is 4.79 Å². The fourth-order valence-electron chi connectivity index (χ4n) is 3.40. The maximum atomic E-state index is 12.5. The Hall–Kier alpha value is -2.11. The van der Waals surface area contributed by atoms with Crippen LogP contribution in [0.25, 0.3) is 0 Å². The maximum absolute atomic E-state index is 12.5. The summed E-state index contributed by atoms with van der Waals surface area (Å²) < 4.78 is 5.34. The standard InChI is InChI=1S/C18H26N2O4/c1-10-7-6-8-20(9-10)17(22)14(5)24-18(23)16-11(2)15(13(4)21)12(3)19-16/h10,14,19H,6-9H2,1-5H3/t10-,14-/m1/s1. The average Bonchev–Trinajstić information content (AvgIpc) is 2.81. The van der Waals surface area contributed by atoms with Gasteiger partial charge in [0.1, 0.15) is 5.69 Å². The number of carbonyl (C=O) groups is 3. The first-order valence-electron chi connectivity index (χ1n) is 8.42. The topological polar surface area (TPSA) is 79.5 Å². The number of nitrogens with one attached hydrogen (secondary N) is 1. The van der Waals surface area contributed by atoms with Gasteiger partial charge >= 0.3 is 5.97 Å². The Bertz CT molecular complexity index is 662. The molecule has 0 aliphatic carbocycles. The van der Waals surface area contributed by atoms with Gasteiger partial charge in [-0.05, 0) is 52.0 Å². The van der Waals surface area contributed by atoms with E-state index < -0.39 is 12.1 Å². The summed E-state index contributed by atoms with van der Waals surface area (Å²) in [7, 11) is 0. The molecule has 2 atom stereocenters. The van der Waals surface area contributed by atoms with E-state index in [2.05, 4.69) is 11.9 Å². The molecular weight excluding hydrogens is 308 g/mol. The summed E-state index contributed by atoms with van der Waals surface area (Å²) in [4.78, 5) is 41.2. The van der Waals surface area contributed by atoms with E-state index in [9.17, 15) is 14.4 Å². The molecule has 1 aromatic heterocycles. The van der Waals surface area contributed by atoms with E-state index in [0.717, 1.165) is 12.8 Å². The van der Waals surface area contributed by atoms with Crippen molar-refractivity contribution in [2.24, 2.45) is 5.92 Å². The minimum Gasteiger partial charge on any atom is -0.448 e. The van der Waals surface area contributed by atoms with Gasteiger partial charge in [0, 0.05) is 24.3 Å². The number of aryl methyl sites for hydroxylation is 1. The number of aromatic nitrogens is 1. The van der Waals surface area contributed by atoms with Gasteiger partial charge in [0.05, 0.1) is 0 Å². The molecule has 24 heavy (non-hydrogen) atoms. The fraction of sp³-hybridized carbons (Fsp3) is 0.611. The number of amides is 1. The highest BCUT2D eigenvalue weighted by Crippen LogP contribution is 2.21. The molecule has 1 aromatic rings. The quantitative estimate of drug-likeness (QED) is 0.678. The van der Waals surface area contributed by atoms with Crippen molar-refractivity contribution in [2.75, 3.05) is 13.1 Å². The summed E-state index contributed by atoms with van der Waals surface area (Å²) >= 11 is 0. The van der Waals surface area contributed by atoms with Crippen molar-refractivity contribution in [3.05, 3.63) is 22.5 Å². The number of carbonyl (C=O) groups excluding carboxylic acids is 3. The van der Waals surface area contributed by atoms with Crippen LogP contribution in [0.5, 0.6) is 0 Å². The van der Waals surface area contributed by atoms with Crippen LogP contribution in [0.2, 0.25) is 0 Å². The number of ketones is 1. The summed E-state index contributed by atoms with van der Waals surface area (Å²) in [5.74, 6) is -0.402. The molecule has 1 N–H and O–H groups in total. The molecule has 1 saturated heterocycles. The molecule has 0 radical (unpaired) electrons. The molecular formula is C18H26N2O4. The Kier molecular flexibility index (Phi) is 5.47. The largest absolute Gasteiger partial charge is 0.448 e. The minimum atomic E-state index is -0.841. The number of hydrogen-bond donors (Lipinski definition) is 1. The normalized spacial score (nSPS) is 19.0. The molecule has 6 heteroatoms. The lowest BCUT2D eigenvalue weighted by Gasteiger charge is -2.32. The summed E-state index contributed by atoms with van der Waals surface area (Å²) in [5, 5.41) is 0. The highest BCUT2D eigenvalue weighted by molar-refractivity contribution is 6.01. The van der Waals surface area contributed by atoms with Crippen molar-refractivity contribution in [1.29, 1.82) is 0 Å². The van der Waals surface area contributed by atoms with Crippen molar-refractivity contribution < 1.29 is 19.1 Å². The Balaban J connectivity index is 2.08. The zero-order valence-corrected chi connectivity index (χ0v) is 15.1. The second-order valence-corrected chi connectivity index (χ2v) is 6.76. The van der Waals surface area contributed by atoms with Gasteiger partial charge in [0.15, 0.2) is 11.9 Å². The molecule has 1 aliphatic rings. The minimum absolute atomic E-state index is 0.105. The number of Topliss-reactive ketones (excluding diaryl/α,β-unsaturated/α-hetero) is 1. The second kappa shape index (κ2) is 7.20. The lowest BCUT2D eigenvalue weighted by atomic mass is 10.00. The molecule has 132 valence electrons. The highest BCUT2D eigenvalue weighted by Gasteiger charge is 2.29. The summed E-state index contributed by atoms with van der Waals surface area (Å²) in [6.45, 7) is 10.0. The van der Waals surface area contributed by atoms with E-state index in [0.29, 0.717) is 35.8 Å². The lowest BCUT2D eigenvalue weighted by Crippen LogP contribution is -2.44. The van der Waals surface area contributed by atoms with Gasteiger partial charge in [-0.15, -0.1) is 0 Å². The molecule has 6 nitrogen and oxygen atoms in total. The smallest absolute Gasteiger partial charge is 0.355 e. The first-order valence-corrected chi connectivity index (χ1v) is 8.42. The Morgan fingerprint density at radius 1 is 1.29 bits per heavy atom. The second-order valence-electron chi connectivity index (χ2n) is 6.76. The van der Waals surface area contributed by atoms with Crippen molar-refractivity contribution in [3.8, 4) is 0 Å². The zero-order chi connectivity index (χ0) is 18.0. The molecule has 1 fully saturated rings. The molecule has 2 rings (SSSR count). The number of esters is 1. The SMILES string of the molecule is CC(=O)c1c(C)[nH]c(C(=O)O[C@H](C)C(=O)N2CCC[C@@H](C)C2)c1C. The van der Waals surface area contributed by atoms with Gasteiger partial charge in [-0.3, -0.25) is 9.59 Å². The molecule has 0 bridgehead atoms. The average molecular weight is 334 g/mol. The maximum Gasteiger partial charge on any atom is 0.355 e. The monoisotopic (exact) mass is 334 g/mol. The number of nitrogens with zero attached hydrogens (tertiary/aromatic N) is 1. The number of aromatic amines is 1. The van der Waals surface area contributed by atoms with Crippen LogP contribution in [0.1, 0.15) is 65.7 Å². The van der Waals surface area contributed by atoms with Gasteiger partial charge < -0.3 is 14.6 Å². The van der Waals surface area contributed by atoms with Crippen molar-refractivity contribution in [3.63, 3.8) is 0 Å². The third kappa shape index (κ3) is 3.68. The van der Waals surface area contributed by atoms with Gasteiger partial charge in [0.25, 0.3) is 5.91 Å². The highest BCUT2D eigenvalue weighted by atomic mass is 16.5. The number of hydrogen-bond acceptors (Lipinski definition) is 4. The summed E-state index contributed by atoms with van der Waals surface area (Å²) in [5.41, 5.74) is 1.95. The first-order chi connectivity index (χ1) is 11.2. The molecule has 1 amide bonds. The molecule has 0 saturated carbocycles. The number of H-pyrrole nitrogens is 1. The summed E-state index contributed by atoms with van der Waals surface area (Å²) in [6, 6.07) is 0. The molecule has 0 aromatic carbocycles. The van der Waals surface area contributed by atoms with Crippen molar-refractivity contribution in [1.82, 2.24) is 9.88 Å². The lowest BCUT2D eigenvalue weighted by molar-refractivity contribution is -0.141. The van der Waals surface area contributed by atoms with E-state index in [1.54, 1.807) is 25.7 Å². The van der Waals surface area contributed by atoms with Crippen molar-refractivity contribution in [2.45, 2.75) is 53.6 Å². The number of piperidine rings is 1. The Morgan fingerprint density at radius 3 is 2.50 bits per heavy atom. The fourth-order valence-corrected chi connectivity index (χ4v) is 3.40. The van der Waals surface area contributed by atoms with E-state index in [1.807, 2.05) is 0 Å².